The van der Waals surface area contributed by atoms with Gasteiger partial charge in [-0.05, 0) is 18.6 Å². The number of halogens is 1. The molecule has 0 aromatic heterocycles. The summed E-state index contributed by atoms with van der Waals surface area (Å²) in [5.74, 6) is -0.0675. The molecule has 1 rings (SSSR count). The first kappa shape index (κ1) is 12.1. The lowest BCUT2D eigenvalue weighted by Crippen LogP contribution is -2.03. The fraction of sp³-hybridized carbons (Fsp3) is 0.250. The van der Waals surface area contributed by atoms with Crippen LogP contribution in [0.25, 0.3) is 5.70 Å². The molecule has 0 bridgehead atoms. The van der Waals surface area contributed by atoms with Crippen LogP contribution in [0.1, 0.15) is 18.9 Å². The predicted molar refractivity (Wildman–Crippen MR) is 60.0 cm³/mol. The van der Waals surface area contributed by atoms with Crippen LogP contribution in [0.15, 0.2) is 23.8 Å². The maximum absolute atomic E-state index is 13.6. The van der Waals surface area contributed by atoms with Gasteiger partial charge in [0.1, 0.15) is 11.6 Å². The zero-order valence-electron chi connectivity index (χ0n) is 9.25. The van der Waals surface area contributed by atoms with Crippen LogP contribution in [0, 0.1) is 17.1 Å². The van der Waals surface area contributed by atoms with Crippen molar-refractivity contribution in [2.24, 2.45) is 5.73 Å². The Hall–Kier alpha value is -2.02. The number of nitrogens with two attached hydrogens (primary N) is 1. The molecule has 16 heavy (non-hydrogen) atoms. The molecule has 0 atom stereocenters. The number of allylic oxidation sites excluding steroid dienone is 1. The van der Waals surface area contributed by atoms with Gasteiger partial charge in [-0.15, -0.1) is 0 Å². The Morgan fingerprint density at radius 2 is 2.25 bits per heavy atom. The molecule has 84 valence electrons. The Balaban J connectivity index is 3.25. The van der Waals surface area contributed by atoms with Gasteiger partial charge in [-0.3, -0.25) is 0 Å². The van der Waals surface area contributed by atoms with Gasteiger partial charge < -0.3 is 10.5 Å². The Morgan fingerprint density at radius 1 is 1.56 bits per heavy atom. The van der Waals surface area contributed by atoms with E-state index in [9.17, 15) is 4.39 Å². The first-order valence-corrected chi connectivity index (χ1v) is 4.86. The van der Waals surface area contributed by atoms with Crippen molar-refractivity contribution in [1.82, 2.24) is 0 Å². The van der Waals surface area contributed by atoms with Crippen LogP contribution in [0.4, 0.5) is 4.39 Å². The highest BCUT2D eigenvalue weighted by Gasteiger charge is 2.10. The molecule has 0 radical (unpaired) electrons. The molecule has 2 N–H and O–H groups in total. The Kier molecular flexibility index (Phi) is 3.90. The molecule has 0 amide bonds. The molecule has 0 aliphatic rings. The average molecular weight is 220 g/mol. The summed E-state index contributed by atoms with van der Waals surface area (Å²) in [7, 11) is 1.46. The van der Waals surface area contributed by atoms with Gasteiger partial charge in [0.25, 0.3) is 0 Å². The van der Waals surface area contributed by atoms with Crippen molar-refractivity contribution < 1.29 is 9.13 Å². The van der Waals surface area contributed by atoms with E-state index in [0.717, 1.165) is 0 Å². The van der Waals surface area contributed by atoms with Gasteiger partial charge in [-0.25, -0.2) is 4.39 Å². The summed E-state index contributed by atoms with van der Waals surface area (Å²) in [5.41, 5.74) is 6.53. The second-order valence-electron chi connectivity index (χ2n) is 3.20. The monoisotopic (exact) mass is 220 g/mol. The molecule has 0 fully saturated rings. The van der Waals surface area contributed by atoms with Crippen molar-refractivity contribution in [2.45, 2.75) is 13.3 Å². The summed E-state index contributed by atoms with van der Waals surface area (Å²) in [6.45, 7) is 1.80. The van der Waals surface area contributed by atoms with E-state index in [0.29, 0.717) is 17.7 Å². The number of methoxy groups -OCH3 is 1. The molecule has 0 heterocycles. The largest absolute Gasteiger partial charge is 0.497 e. The lowest BCUT2D eigenvalue weighted by atomic mass is 10.1. The standard InChI is InChI=1S/C12H13FN2O/c1-3-8(7-14)12(15)10-5-4-9(16-2)6-11(10)13/h4-6H,3,15H2,1-2H3/b12-8-. The van der Waals surface area contributed by atoms with Crippen molar-refractivity contribution >= 4 is 5.70 Å². The van der Waals surface area contributed by atoms with Crippen molar-refractivity contribution in [1.29, 1.82) is 5.26 Å². The number of benzene rings is 1. The lowest BCUT2D eigenvalue weighted by molar-refractivity contribution is 0.411. The van der Waals surface area contributed by atoms with Crippen LogP contribution < -0.4 is 10.5 Å². The van der Waals surface area contributed by atoms with Crippen LogP contribution in [-0.4, -0.2) is 7.11 Å². The Labute approximate surface area is 93.9 Å². The molecule has 0 aliphatic carbocycles. The maximum Gasteiger partial charge on any atom is 0.136 e. The first-order valence-electron chi connectivity index (χ1n) is 4.86. The van der Waals surface area contributed by atoms with Gasteiger partial charge in [0.05, 0.1) is 24.4 Å². The van der Waals surface area contributed by atoms with E-state index in [-0.39, 0.29) is 11.3 Å². The third-order valence-electron chi connectivity index (χ3n) is 2.28. The van der Waals surface area contributed by atoms with Gasteiger partial charge in [0.15, 0.2) is 0 Å². The second-order valence-corrected chi connectivity index (χ2v) is 3.20. The number of nitrogens with zero attached hydrogens (tertiary/aromatic N) is 1. The normalized spacial score (nSPS) is 11.6. The molecule has 3 nitrogen and oxygen atoms in total. The molecule has 0 unspecified atom stereocenters. The van der Waals surface area contributed by atoms with Crippen LogP contribution in [0.3, 0.4) is 0 Å². The van der Waals surface area contributed by atoms with Crippen molar-refractivity contribution in [3.8, 4) is 11.8 Å². The van der Waals surface area contributed by atoms with Crippen LogP contribution in [-0.2, 0) is 0 Å². The summed E-state index contributed by atoms with van der Waals surface area (Å²) in [4.78, 5) is 0. The summed E-state index contributed by atoms with van der Waals surface area (Å²) in [5, 5.41) is 8.81. The number of hydrogen-bond donors (Lipinski definition) is 1. The molecule has 0 spiro atoms. The minimum atomic E-state index is -0.488. The molecule has 0 aliphatic heterocycles. The molecule has 0 saturated carbocycles. The van der Waals surface area contributed by atoms with Gasteiger partial charge >= 0.3 is 0 Å². The van der Waals surface area contributed by atoms with E-state index in [1.807, 2.05) is 6.07 Å². The molecule has 1 aromatic carbocycles. The minimum Gasteiger partial charge on any atom is -0.497 e. The van der Waals surface area contributed by atoms with Gasteiger partial charge in [-0.2, -0.15) is 5.26 Å². The highest BCUT2D eigenvalue weighted by Crippen LogP contribution is 2.22. The highest BCUT2D eigenvalue weighted by molar-refractivity contribution is 5.69. The van der Waals surface area contributed by atoms with Crippen molar-refractivity contribution in [3.05, 3.63) is 35.2 Å². The second kappa shape index (κ2) is 5.17. The average Bonchev–Trinajstić information content (AvgIpc) is 2.30. The lowest BCUT2D eigenvalue weighted by Gasteiger charge is -2.07. The highest BCUT2D eigenvalue weighted by atomic mass is 19.1. The summed E-state index contributed by atoms with van der Waals surface area (Å²) in [6, 6.07) is 6.32. The summed E-state index contributed by atoms with van der Waals surface area (Å²) >= 11 is 0. The molecule has 4 heteroatoms. The summed E-state index contributed by atoms with van der Waals surface area (Å²) < 4.78 is 18.5. The molecule has 1 aromatic rings. The van der Waals surface area contributed by atoms with E-state index in [2.05, 4.69) is 0 Å². The predicted octanol–water partition coefficient (Wildman–Crippen LogP) is 2.44. The third-order valence-corrected chi connectivity index (χ3v) is 2.28. The van der Waals surface area contributed by atoms with Crippen molar-refractivity contribution in [2.75, 3.05) is 7.11 Å². The van der Waals surface area contributed by atoms with Gasteiger partial charge in [0.2, 0.25) is 0 Å². The van der Waals surface area contributed by atoms with E-state index in [4.69, 9.17) is 15.7 Å². The van der Waals surface area contributed by atoms with Gasteiger partial charge in [-0.1, -0.05) is 6.92 Å². The quantitative estimate of drug-likeness (QED) is 0.796. The third kappa shape index (κ3) is 2.31. The van der Waals surface area contributed by atoms with Crippen molar-refractivity contribution in [3.63, 3.8) is 0 Å². The van der Waals surface area contributed by atoms with Crippen LogP contribution >= 0.6 is 0 Å². The summed E-state index contributed by atoms with van der Waals surface area (Å²) in [6.07, 6.45) is 0.480. The first-order chi connectivity index (χ1) is 7.63. The van der Waals surface area contributed by atoms with Crippen LogP contribution in [0.2, 0.25) is 0 Å². The van der Waals surface area contributed by atoms with E-state index in [1.165, 1.54) is 19.2 Å². The smallest absolute Gasteiger partial charge is 0.136 e. The number of rotatable bonds is 3. The zero-order chi connectivity index (χ0) is 12.1. The van der Waals surface area contributed by atoms with E-state index < -0.39 is 5.82 Å². The Bertz CT molecular complexity index is 461. The van der Waals surface area contributed by atoms with Gasteiger partial charge in [0, 0.05) is 11.6 Å². The minimum absolute atomic E-state index is 0.185. The number of ether oxygens (including phenoxy) is 1. The number of hydrogen-bond acceptors (Lipinski definition) is 3. The molecule has 0 saturated heterocycles. The fourth-order valence-corrected chi connectivity index (χ4v) is 1.33. The Morgan fingerprint density at radius 3 is 2.69 bits per heavy atom. The SMILES string of the molecule is CC/C(C#N)=C(/N)c1ccc(OC)cc1F. The fourth-order valence-electron chi connectivity index (χ4n) is 1.33. The number of nitriles is 1. The maximum atomic E-state index is 13.6. The topological polar surface area (TPSA) is 59.0 Å². The zero-order valence-corrected chi connectivity index (χ0v) is 9.25. The van der Waals surface area contributed by atoms with Crippen LogP contribution in [0.5, 0.6) is 5.75 Å². The van der Waals surface area contributed by atoms with E-state index >= 15 is 0 Å². The van der Waals surface area contributed by atoms with E-state index in [1.54, 1.807) is 13.0 Å². The molecular weight excluding hydrogens is 207 g/mol. The molecular formula is C12H13FN2O.